The summed E-state index contributed by atoms with van der Waals surface area (Å²) in [6.45, 7) is 6.14. The lowest BCUT2D eigenvalue weighted by molar-refractivity contribution is -0.120. The summed E-state index contributed by atoms with van der Waals surface area (Å²) in [5.41, 5.74) is 8.10. The van der Waals surface area contributed by atoms with Gasteiger partial charge in [-0.15, -0.1) is 0 Å². The number of aromatic amines is 1. The van der Waals surface area contributed by atoms with Crippen LogP contribution in [0.3, 0.4) is 0 Å². The van der Waals surface area contributed by atoms with Crippen LogP contribution in [0.15, 0.2) is 18.5 Å². The maximum atomic E-state index is 12.8. The zero-order valence-electron chi connectivity index (χ0n) is 16.2. The van der Waals surface area contributed by atoms with Gasteiger partial charge < -0.3 is 15.5 Å². The Morgan fingerprint density at radius 1 is 1.36 bits per heavy atom. The fraction of sp³-hybridized carbons (Fsp3) is 0.389. The van der Waals surface area contributed by atoms with Gasteiger partial charge >= 0.3 is 0 Å². The van der Waals surface area contributed by atoms with Crippen LogP contribution in [-0.2, 0) is 4.79 Å². The summed E-state index contributed by atoms with van der Waals surface area (Å²) in [5.74, 6) is 1.33. The molecule has 3 N–H and O–H groups in total. The second kappa shape index (κ2) is 6.86. The van der Waals surface area contributed by atoms with E-state index in [-0.39, 0.29) is 18.0 Å². The van der Waals surface area contributed by atoms with Gasteiger partial charge in [0.05, 0.1) is 11.9 Å². The minimum Gasteiger partial charge on any atom is -0.375 e. The molecule has 146 valence electrons. The highest BCUT2D eigenvalue weighted by atomic mass is 32.1. The molecule has 0 saturated carbocycles. The van der Waals surface area contributed by atoms with Crippen LogP contribution in [0.2, 0.25) is 0 Å². The molecular weight excluding hydrogens is 376 g/mol. The van der Waals surface area contributed by atoms with Gasteiger partial charge in [-0.25, -0.2) is 15.0 Å². The van der Waals surface area contributed by atoms with Crippen LogP contribution >= 0.6 is 11.3 Å². The van der Waals surface area contributed by atoms with E-state index in [9.17, 15) is 4.79 Å². The Balaban J connectivity index is 1.88. The van der Waals surface area contributed by atoms with Crippen molar-refractivity contribution in [3.8, 4) is 22.1 Å². The minimum atomic E-state index is -0.251. The lowest BCUT2D eigenvalue weighted by atomic mass is 10.1. The number of rotatable bonds is 4. The van der Waals surface area contributed by atoms with E-state index < -0.39 is 0 Å². The van der Waals surface area contributed by atoms with E-state index in [1.807, 2.05) is 13.0 Å². The number of nitrogens with one attached hydrogen (secondary N) is 1. The quantitative estimate of drug-likeness (QED) is 0.693. The second-order valence-electron chi connectivity index (χ2n) is 6.92. The highest BCUT2D eigenvalue weighted by molar-refractivity contribution is 7.19. The number of likely N-dealkylation sites (N-methyl/N-ethyl adjacent to an activating group) is 1. The molecule has 1 atom stereocenters. The van der Waals surface area contributed by atoms with E-state index in [2.05, 4.69) is 38.9 Å². The molecule has 0 bridgehead atoms. The third kappa shape index (κ3) is 2.80. The maximum Gasteiger partial charge on any atom is 0.249 e. The van der Waals surface area contributed by atoms with Gasteiger partial charge in [-0.1, -0.05) is 18.3 Å². The highest BCUT2D eigenvalue weighted by Crippen LogP contribution is 2.40. The minimum absolute atomic E-state index is 0.0558. The average Bonchev–Trinajstić information content (AvgIpc) is 3.33. The smallest absolute Gasteiger partial charge is 0.249 e. The molecule has 0 fully saturated rings. The Bertz CT molecular complexity index is 1010. The van der Waals surface area contributed by atoms with Crippen molar-refractivity contribution in [1.29, 1.82) is 0 Å². The number of carbonyl (C=O) groups is 1. The highest BCUT2D eigenvalue weighted by Gasteiger charge is 2.38. The third-order valence-electron chi connectivity index (χ3n) is 4.85. The average molecular weight is 398 g/mol. The number of aromatic nitrogens is 5. The number of nitrogens with zero attached hydrogens (tertiary/aromatic N) is 6. The Hall–Kier alpha value is -3.01. The topological polar surface area (TPSA) is 117 Å². The molecule has 9 nitrogen and oxygen atoms in total. The zero-order chi connectivity index (χ0) is 20.0. The molecule has 1 unspecified atom stereocenters. The molecule has 0 saturated heterocycles. The van der Waals surface area contributed by atoms with E-state index in [1.54, 1.807) is 24.3 Å². The maximum absolute atomic E-state index is 12.8. The van der Waals surface area contributed by atoms with Gasteiger partial charge in [0.15, 0.2) is 16.8 Å². The normalized spacial score (nSPS) is 16.8. The van der Waals surface area contributed by atoms with E-state index in [1.165, 1.54) is 11.3 Å². The van der Waals surface area contributed by atoms with Crippen molar-refractivity contribution in [3.63, 3.8) is 0 Å². The van der Waals surface area contributed by atoms with Gasteiger partial charge in [0.2, 0.25) is 5.91 Å². The number of carbonyl (C=O) groups excluding carboxylic acids is 1. The molecule has 0 spiro atoms. The first-order chi connectivity index (χ1) is 13.4. The van der Waals surface area contributed by atoms with Crippen molar-refractivity contribution >= 4 is 33.9 Å². The third-order valence-corrected chi connectivity index (χ3v) is 5.73. The summed E-state index contributed by atoms with van der Waals surface area (Å²) in [7, 11) is 1.77. The van der Waals surface area contributed by atoms with Gasteiger partial charge in [-0.2, -0.15) is 5.10 Å². The summed E-state index contributed by atoms with van der Waals surface area (Å²) in [4.78, 5) is 31.1. The molecule has 0 aromatic carbocycles. The Morgan fingerprint density at radius 2 is 2.14 bits per heavy atom. The second-order valence-corrected chi connectivity index (χ2v) is 7.96. The molecule has 4 heterocycles. The summed E-state index contributed by atoms with van der Waals surface area (Å²) in [5, 5.41) is 7.34. The van der Waals surface area contributed by atoms with E-state index >= 15 is 0 Å². The van der Waals surface area contributed by atoms with Crippen LogP contribution in [0.5, 0.6) is 0 Å². The van der Waals surface area contributed by atoms with Gasteiger partial charge in [-0.3, -0.25) is 9.89 Å². The molecule has 1 aliphatic rings. The van der Waals surface area contributed by atoms with Crippen molar-refractivity contribution in [2.45, 2.75) is 39.3 Å². The monoisotopic (exact) mass is 398 g/mol. The number of nitrogen functional groups attached to an aromatic ring is 1. The predicted molar refractivity (Wildman–Crippen MR) is 110 cm³/mol. The molecule has 3 aromatic rings. The van der Waals surface area contributed by atoms with Crippen molar-refractivity contribution in [1.82, 2.24) is 25.1 Å². The molecule has 1 amide bonds. The largest absolute Gasteiger partial charge is 0.375 e. The fourth-order valence-electron chi connectivity index (χ4n) is 3.55. The lowest BCUT2D eigenvalue weighted by Crippen LogP contribution is -2.54. The molecule has 28 heavy (non-hydrogen) atoms. The molecule has 0 aliphatic carbocycles. The number of thiazole rings is 1. The van der Waals surface area contributed by atoms with Gasteiger partial charge in [-0.05, 0) is 26.3 Å². The molecule has 3 aromatic heterocycles. The molecular formula is C18H22N8OS. The number of anilines is 3. The van der Waals surface area contributed by atoms with Crippen LogP contribution in [0, 0.1) is 0 Å². The Labute approximate surface area is 166 Å². The van der Waals surface area contributed by atoms with Crippen molar-refractivity contribution in [2.24, 2.45) is 0 Å². The molecule has 10 heteroatoms. The number of hydrogen-bond acceptors (Lipinski definition) is 8. The fourth-order valence-corrected chi connectivity index (χ4v) is 4.33. The Kier molecular flexibility index (Phi) is 4.50. The van der Waals surface area contributed by atoms with Crippen molar-refractivity contribution < 1.29 is 4.79 Å². The van der Waals surface area contributed by atoms with Crippen LogP contribution in [-0.4, -0.2) is 50.2 Å². The van der Waals surface area contributed by atoms with Crippen LogP contribution in [0.25, 0.3) is 22.1 Å². The summed E-state index contributed by atoms with van der Waals surface area (Å²) >= 11 is 1.33. The predicted octanol–water partition coefficient (Wildman–Crippen LogP) is 2.54. The number of H-pyrrole nitrogens is 1. The van der Waals surface area contributed by atoms with Crippen molar-refractivity contribution in [3.05, 3.63) is 18.5 Å². The number of nitrogens with two attached hydrogens (primary N) is 1. The lowest BCUT2D eigenvalue weighted by Gasteiger charge is -2.42. The molecule has 1 aliphatic heterocycles. The summed E-state index contributed by atoms with van der Waals surface area (Å²) in [6.07, 6.45) is 4.06. The van der Waals surface area contributed by atoms with Gasteiger partial charge in [0, 0.05) is 19.3 Å². The first kappa shape index (κ1) is 18.4. The van der Waals surface area contributed by atoms with E-state index in [0.717, 1.165) is 16.4 Å². The molecule has 0 radical (unpaired) electrons. The zero-order valence-corrected chi connectivity index (χ0v) is 17.0. The SMILES string of the molecule is CCC1C(=O)N(C)c2cnc(-c3sc(N)nc3-c3ccn[nH]3)nc2N1C(C)C. The van der Waals surface area contributed by atoms with Gasteiger partial charge in [0.1, 0.15) is 22.3 Å². The Morgan fingerprint density at radius 3 is 2.79 bits per heavy atom. The first-order valence-electron chi connectivity index (χ1n) is 9.11. The van der Waals surface area contributed by atoms with E-state index in [4.69, 9.17) is 10.7 Å². The van der Waals surface area contributed by atoms with Crippen LogP contribution < -0.4 is 15.5 Å². The van der Waals surface area contributed by atoms with E-state index in [0.29, 0.717) is 28.8 Å². The number of amides is 1. The van der Waals surface area contributed by atoms with Crippen LogP contribution in [0.1, 0.15) is 27.2 Å². The summed E-state index contributed by atoms with van der Waals surface area (Å²) < 4.78 is 0. The standard InChI is InChI=1S/C18H22N8OS/c1-5-11-17(27)25(4)12-8-20-15(23-16(12)26(11)9(2)3)14-13(22-18(19)28-14)10-6-7-21-24-10/h6-9,11H,5H2,1-4H3,(H2,19,22)(H,21,24). The molecule has 4 rings (SSSR count). The van der Waals surface area contributed by atoms with Crippen molar-refractivity contribution in [2.75, 3.05) is 22.6 Å². The number of fused-ring (bicyclic) bond motifs is 1. The van der Waals surface area contributed by atoms with Gasteiger partial charge in [0.25, 0.3) is 0 Å². The van der Waals surface area contributed by atoms with Crippen LogP contribution in [0.4, 0.5) is 16.6 Å². The summed E-state index contributed by atoms with van der Waals surface area (Å²) in [6, 6.07) is 1.69. The number of hydrogen-bond donors (Lipinski definition) is 2. The first-order valence-corrected chi connectivity index (χ1v) is 9.93.